The van der Waals surface area contributed by atoms with E-state index in [9.17, 15) is 4.79 Å². The number of thioether (sulfide) groups is 1. The Morgan fingerprint density at radius 2 is 1.97 bits per heavy atom. The molecule has 2 heterocycles. The summed E-state index contributed by atoms with van der Waals surface area (Å²) in [5.41, 5.74) is 1.86. The van der Waals surface area contributed by atoms with E-state index in [0.717, 1.165) is 22.7 Å². The lowest BCUT2D eigenvalue weighted by molar-refractivity contribution is -0.120. The molecule has 0 bridgehead atoms. The van der Waals surface area contributed by atoms with E-state index < -0.39 is 0 Å². The highest BCUT2D eigenvalue weighted by Crippen LogP contribution is 2.32. The molecule has 1 N–H and O–H groups in total. The summed E-state index contributed by atoms with van der Waals surface area (Å²) in [6.45, 7) is 2.49. The van der Waals surface area contributed by atoms with Crippen LogP contribution in [-0.2, 0) is 18.4 Å². The van der Waals surface area contributed by atoms with E-state index in [0.29, 0.717) is 22.5 Å². The highest BCUT2D eigenvalue weighted by molar-refractivity contribution is 8.00. The Morgan fingerprint density at radius 1 is 1.21 bits per heavy atom. The van der Waals surface area contributed by atoms with Crippen LogP contribution in [0.1, 0.15) is 12.5 Å². The second-order valence-corrected chi connectivity index (χ2v) is 8.28. The highest BCUT2D eigenvalue weighted by atomic mass is 35.5. The number of halogens is 1. The summed E-state index contributed by atoms with van der Waals surface area (Å²) in [7, 11) is 1.88. The first-order valence-electron chi connectivity index (χ1n) is 8.99. The molecule has 4 rings (SSSR count). The lowest BCUT2D eigenvalue weighted by atomic mass is 10.2. The number of amides is 1. The first-order valence-corrected chi connectivity index (χ1v) is 10.3. The van der Waals surface area contributed by atoms with E-state index in [1.165, 1.54) is 11.8 Å². The molecule has 1 atom stereocenters. The van der Waals surface area contributed by atoms with Crippen molar-refractivity contribution >= 4 is 29.3 Å². The molecule has 1 amide bonds. The second kappa shape index (κ2) is 8.34. The number of hydrogen-bond acceptors (Lipinski definition) is 6. The largest absolute Gasteiger partial charge is 0.454 e. The van der Waals surface area contributed by atoms with Crippen LogP contribution < -0.4 is 14.8 Å². The van der Waals surface area contributed by atoms with Gasteiger partial charge in [0, 0.05) is 24.2 Å². The number of ether oxygens (including phenoxy) is 2. The van der Waals surface area contributed by atoms with Crippen molar-refractivity contribution in [2.24, 2.45) is 7.05 Å². The van der Waals surface area contributed by atoms with Crippen LogP contribution in [0.15, 0.2) is 47.6 Å². The Hall–Kier alpha value is -2.71. The Balaban J connectivity index is 1.37. The van der Waals surface area contributed by atoms with Crippen LogP contribution in [0.4, 0.5) is 0 Å². The Labute approximate surface area is 177 Å². The van der Waals surface area contributed by atoms with E-state index in [2.05, 4.69) is 15.5 Å². The fraction of sp³-hybridized carbons (Fsp3) is 0.250. The third-order valence-electron chi connectivity index (χ3n) is 4.49. The van der Waals surface area contributed by atoms with Gasteiger partial charge < -0.3 is 19.4 Å². The minimum absolute atomic E-state index is 0.0799. The zero-order valence-corrected chi connectivity index (χ0v) is 17.5. The van der Waals surface area contributed by atoms with Crippen LogP contribution >= 0.6 is 23.4 Å². The van der Waals surface area contributed by atoms with Crippen molar-refractivity contribution in [1.82, 2.24) is 20.1 Å². The molecule has 0 spiro atoms. The van der Waals surface area contributed by atoms with Crippen LogP contribution in [0.2, 0.25) is 5.02 Å². The number of carbonyl (C=O) groups excluding carboxylic acids is 1. The molecule has 9 heteroatoms. The lowest BCUT2D eigenvalue weighted by Crippen LogP contribution is -2.30. The van der Waals surface area contributed by atoms with Crippen LogP contribution in [0.3, 0.4) is 0 Å². The number of fused-ring (bicyclic) bond motifs is 1. The van der Waals surface area contributed by atoms with E-state index >= 15 is 0 Å². The quantitative estimate of drug-likeness (QED) is 0.601. The molecule has 1 aromatic heterocycles. The predicted molar refractivity (Wildman–Crippen MR) is 111 cm³/mol. The van der Waals surface area contributed by atoms with E-state index in [-0.39, 0.29) is 18.0 Å². The summed E-state index contributed by atoms with van der Waals surface area (Å²) in [5, 5.41) is 12.4. The topological polar surface area (TPSA) is 78.3 Å². The number of rotatable bonds is 6. The van der Waals surface area contributed by atoms with E-state index in [4.69, 9.17) is 21.1 Å². The molecule has 0 radical (unpaired) electrons. The van der Waals surface area contributed by atoms with E-state index in [1.807, 2.05) is 61.0 Å². The zero-order valence-electron chi connectivity index (χ0n) is 15.9. The van der Waals surface area contributed by atoms with Crippen molar-refractivity contribution in [3.63, 3.8) is 0 Å². The van der Waals surface area contributed by atoms with Gasteiger partial charge in [-0.05, 0) is 48.9 Å². The van der Waals surface area contributed by atoms with E-state index in [1.54, 1.807) is 0 Å². The van der Waals surface area contributed by atoms with Crippen LogP contribution in [0.25, 0.3) is 11.4 Å². The molecular formula is C20H19ClN4O3S. The van der Waals surface area contributed by atoms with Crippen LogP contribution in [0.5, 0.6) is 11.5 Å². The van der Waals surface area contributed by atoms with Gasteiger partial charge in [0.25, 0.3) is 0 Å². The molecule has 7 nitrogen and oxygen atoms in total. The van der Waals surface area contributed by atoms with Gasteiger partial charge in [0.05, 0.1) is 5.25 Å². The Bertz CT molecular complexity index is 1040. The minimum Gasteiger partial charge on any atom is -0.454 e. The molecule has 1 aliphatic rings. The summed E-state index contributed by atoms with van der Waals surface area (Å²) in [4.78, 5) is 12.5. The second-order valence-electron chi connectivity index (χ2n) is 6.54. The molecule has 0 fully saturated rings. The summed E-state index contributed by atoms with van der Waals surface area (Å²) < 4.78 is 12.5. The molecule has 3 aromatic rings. The monoisotopic (exact) mass is 430 g/mol. The van der Waals surface area contributed by atoms with Gasteiger partial charge in [-0.15, -0.1) is 10.2 Å². The molecule has 29 heavy (non-hydrogen) atoms. The van der Waals surface area contributed by atoms with Gasteiger partial charge in [0.1, 0.15) is 0 Å². The number of benzene rings is 2. The molecule has 0 saturated heterocycles. The molecule has 1 unspecified atom stereocenters. The zero-order chi connectivity index (χ0) is 20.4. The van der Waals surface area contributed by atoms with Gasteiger partial charge in [-0.2, -0.15) is 0 Å². The number of aromatic nitrogens is 3. The standard InChI is InChI=1S/C20H19ClN4O3S/c1-12(19(26)22-10-13-3-8-16-17(9-13)28-11-27-16)29-20-24-23-18(25(20)2)14-4-6-15(21)7-5-14/h3-9,12H,10-11H2,1-2H3,(H,22,26). The molecule has 2 aromatic carbocycles. The smallest absolute Gasteiger partial charge is 0.233 e. The van der Waals surface area contributed by atoms with Gasteiger partial charge in [0.15, 0.2) is 22.5 Å². The summed E-state index contributed by atoms with van der Waals surface area (Å²) in [5.74, 6) is 2.07. The third kappa shape index (κ3) is 4.33. The summed E-state index contributed by atoms with van der Waals surface area (Å²) >= 11 is 7.30. The lowest BCUT2D eigenvalue weighted by Gasteiger charge is -2.12. The van der Waals surface area contributed by atoms with Gasteiger partial charge >= 0.3 is 0 Å². The molecule has 0 aliphatic carbocycles. The number of nitrogens with zero attached hydrogens (tertiary/aromatic N) is 3. The third-order valence-corrected chi connectivity index (χ3v) is 5.88. The molecule has 1 aliphatic heterocycles. The number of carbonyl (C=O) groups is 1. The van der Waals surface area contributed by atoms with Gasteiger partial charge in [-0.1, -0.05) is 29.4 Å². The molecule has 0 saturated carbocycles. The van der Waals surface area contributed by atoms with Crippen LogP contribution in [0, 0.1) is 0 Å². The fourth-order valence-corrected chi connectivity index (χ4v) is 3.83. The number of nitrogens with one attached hydrogen (secondary N) is 1. The van der Waals surface area contributed by atoms with Crippen molar-refractivity contribution in [2.45, 2.75) is 23.9 Å². The first kappa shape index (κ1) is 19.6. The number of hydrogen-bond donors (Lipinski definition) is 1. The average molecular weight is 431 g/mol. The Kier molecular flexibility index (Phi) is 5.64. The summed E-state index contributed by atoms with van der Waals surface area (Å²) in [6.07, 6.45) is 0. The van der Waals surface area contributed by atoms with Crippen molar-refractivity contribution < 1.29 is 14.3 Å². The maximum atomic E-state index is 12.5. The fourth-order valence-electron chi connectivity index (χ4n) is 2.86. The van der Waals surface area contributed by atoms with Crippen molar-refractivity contribution in [2.75, 3.05) is 6.79 Å². The van der Waals surface area contributed by atoms with Crippen molar-refractivity contribution in [3.8, 4) is 22.9 Å². The SMILES string of the molecule is CC(Sc1nnc(-c2ccc(Cl)cc2)n1C)C(=O)NCc1ccc2c(c1)OCO2. The molecule has 150 valence electrons. The average Bonchev–Trinajstić information content (AvgIpc) is 3.33. The van der Waals surface area contributed by atoms with Crippen LogP contribution in [-0.4, -0.2) is 32.7 Å². The van der Waals surface area contributed by atoms with Crippen molar-refractivity contribution in [1.29, 1.82) is 0 Å². The Morgan fingerprint density at radius 3 is 2.76 bits per heavy atom. The highest BCUT2D eigenvalue weighted by Gasteiger charge is 2.20. The maximum Gasteiger partial charge on any atom is 0.233 e. The maximum absolute atomic E-state index is 12.5. The van der Waals surface area contributed by atoms with Crippen molar-refractivity contribution in [3.05, 3.63) is 53.1 Å². The first-order chi connectivity index (χ1) is 14.0. The summed E-state index contributed by atoms with van der Waals surface area (Å²) in [6, 6.07) is 13.0. The molecular weight excluding hydrogens is 412 g/mol. The predicted octanol–water partition coefficient (Wildman–Crippen LogP) is 3.66. The van der Waals surface area contributed by atoms with Gasteiger partial charge in [0.2, 0.25) is 12.7 Å². The van der Waals surface area contributed by atoms with Gasteiger partial charge in [-0.25, -0.2) is 0 Å². The normalized spacial score (nSPS) is 13.3. The van der Waals surface area contributed by atoms with Gasteiger partial charge in [-0.3, -0.25) is 4.79 Å². The minimum atomic E-state index is -0.329.